The number of Topliss-reactive ketones (excluding diaryl/α,β-unsaturated/α-hetero) is 1. The van der Waals surface area contributed by atoms with E-state index in [9.17, 15) is 4.79 Å². The molecule has 1 aliphatic rings. The van der Waals surface area contributed by atoms with Crippen molar-refractivity contribution in [3.05, 3.63) is 11.7 Å². The van der Waals surface area contributed by atoms with Gasteiger partial charge in [0.15, 0.2) is 5.82 Å². The molecule has 1 aromatic heterocycles. The fourth-order valence-corrected chi connectivity index (χ4v) is 1.85. The molecule has 0 amide bonds. The van der Waals surface area contributed by atoms with Crippen molar-refractivity contribution < 1.29 is 14.1 Å². The van der Waals surface area contributed by atoms with Gasteiger partial charge in [0.25, 0.3) is 0 Å². The molecular weight excluding hydrogens is 208 g/mol. The molecule has 1 aliphatic carbocycles. The molecule has 0 saturated heterocycles. The van der Waals surface area contributed by atoms with Crippen LogP contribution in [-0.2, 0) is 16.1 Å². The molecule has 0 radical (unpaired) electrons. The first kappa shape index (κ1) is 11.3. The van der Waals surface area contributed by atoms with E-state index in [0.29, 0.717) is 31.3 Å². The normalized spacial score (nSPS) is 20.6. The minimum absolute atomic E-state index is 0.174. The summed E-state index contributed by atoms with van der Waals surface area (Å²) in [6.07, 6.45) is 3.35. The molecule has 1 unspecified atom stereocenters. The summed E-state index contributed by atoms with van der Waals surface area (Å²) in [4.78, 5) is 15.7. The number of carbonyl (C=O) groups is 1. The van der Waals surface area contributed by atoms with Crippen LogP contribution < -0.4 is 0 Å². The smallest absolute Gasteiger partial charge is 0.237 e. The van der Waals surface area contributed by atoms with E-state index in [1.54, 1.807) is 0 Å². The molecule has 5 nitrogen and oxygen atoms in total. The maximum Gasteiger partial charge on any atom is 0.237 e. The van der Waals surface area contributed by atoms with Crippen LogP contribution in [0.4, 0.5) is 0 Å². The van der Waals surface area contributed by atoms with Crippen molar-refractivity contribution in [1.82, 2.24) is 10.1 Å². The molecule has 0 aromatic carbocycles. The lowest BCUT2D eigenvalue weighted by molar-refractivity contribution is -0.119. The standard InChI is InChI=1S/C11H16N2O3/c1-2-6-15-7-10-12-11(16-13-10)8-4-3-5-9(8)14/h8H,2-7H2,1H3. The zero-order chi connectivity index (χ0) is 11.4. The first-order valence-corrected chi connectivity index (χ1v) is 5.74. The molecule has 1 heterocycles. The summed E-state index contributed by atoms with van der Waals surface area (Å²) < 4.78 is 10.4. The van der Waals surface area contributed by atoms with Gasteiger partial charge in [0, 0.05) is 13.0 Å². The Bertz CT molecular complexity index is 362. The molecule has 1 atom stereocenters. The number of hydrogen-bond donors (Lipinski definition) is 0. The predicted molar refractivity (Wildman–Crippen MR) is 55.8 cm³/mol. The zero-order valence-electron chi connectivity index (χ0n) is 9.44. The van der Waals surface area contributed by atoms with Crippen LogP contribution in [0.2, 0.25) is 0 Å². The zero-order valence-corrected chi connectivity index (χ0v) is 9.44. The minimum Gasteiger partial charge on any atom is -0.373 e. The Kier molecular flexibility index (Phi) is 3.66. The number of hydrogen-bond acceptors (Lipinski definition) is 5. The van der Waals surface area contributed by atoms with Gasteiger partial charge in [0.2, 0.25) is 5.89 Å². The Morgan fingerprint density at radius 1 is 1.56 bits per heavy atom. The quantitative estimate of drug-likeness (QED) is 0.714. The van der Waals surface area contributed by atoms with Crippen molar-refractivity contribution in [2.24, 2.45) is 0 Å². The average Bonchev–Trinajstić information content (AvgIpc) is 2.87. The van der Waals surface area contributed by atoms with Crippen LogP contribution in [-0.4, -0.2) is 22.5 Å². The molecule has 16 heavy (non-hydrogen) atoms. The van der Waals surface area contributed by atoms with E-state index in [2.05, 4.69) is 10.1 Å². The minimum atomic E-state index is -0.174. The molecular formula is C11H16N2O3. The Morgan fingerprint density at radius 2 is 2.44 bits per heavy atom. The summed E-state index contributed by atoms with van der Waals surface area (Å²) in [5.41, 5.74) is 0. The first-order valence-electron chi connectivity index (χ1n) is 5.74. The highest BCUT2D eigenvalue weighted by molar-refractivity contribution is 5.86. The summed E-state index contributed by atoms with van der Waals surface area (Å²) in [5, 5.41) is 3.80. The van der Waals surface area contributed by atoms with E-state index in [4.69, 9.17) is 9.26 Å². The third kappa shape index (κ3) is 2.47. The molecule has 1 saturated carbocycles. The van der Waals surface area contributed by atoms with E-state index in [0.717, 1.165) is 19.3 Å². The monoisotopic (exact) mass is 224 g/mol. The summed E-state index contributed by atoms with van der Waals surface area (Å²) >= 11 is 0. The van der Waals surface area contributed by atoms with E-state index in [-0.39, 0.29) is 11.7 Å². The number of rotatable bonds is 5. The van der Waals surface area contributed by atoms with Crippen LogP contribution in [0.1, 0.15) is 50.2 Å². The van der Waals surface area contributed by atoms with E-state index < -0.39 is 0 Å². The molecule has 0 N–H and O–H groups in total. The van der Waals surface area contributed by atoms with Gasteiger partial charge in [-0.2, -0.15) is 4.98 Å². The second kappa shape index (κ2) is 5.21. The summed E-state index contributed by atoms with van der Waals surface area (Å²) in [6, 6.07) is 0. The Hall–Kier alpha value is -1.23. The summed E-state index contributed by atoms with van der Waals surface area (Å²) in [7, 11) is 0. The Morgan fingerprint density at radius 3 is 3.12 bits per heavy atom. The van der Waals surface area contributed by atoms with Crippen molar-refractivity contribution in [2.75, 3.05) is 6.61 Å². The molecule has 88 valence electrons. The largest absolute Gasteiger partial charge is 0.373 e. The van der Waals surface area contributed by atoms with Gasteiger partial charge in [-0.05, 0) is 19.3 Å². The van der Waals surface area contributed by atoms with Crippen molar-refractivity contribution >= 4 is 5.78 Å². The van der Waals surface area contributed by atoms with Crippen LogP contribution in [0.25, 0.3) is 0 Å². The molecule has 1 fully saturated rings. The van der Waals surface area contributed by atoms with Crippen molar-refractivity contribution in [1.29, 1.82) is 0 Å². The van der Waals surface area contributed by atoms with Gasteiger partial charge in [-0.15, -0.1) is 0 Å². The average molecular weight is 224 g/mol. The fraction of sp³-hybridized carbons (Fsp3) is 0.727. The predicted octanol–water partition coefficient (Wildman–Crippen LogP) is 1.83. The summed E-state index contributed by atoms with van der Waals surface area (Å²) in [5.74, 6) is 1.03. The number of ketones is 1. The van der Waals surface area contributed by atoms with Gasteiger partial charge in [0.05, 0.1) is 5.92 Å². The number of carbonyl (C=O) groups excluding carboxylic acids is 1. The molecule has 1 aromatic rings. The third-order valence-corrected chi connectivity index (χ3v) is 2.67. The second-order valence-corrected chi connectivity index (χ2v) is 4.01. The lowest BCUT2D eigenvalue weighted by Crippen LogP contribution is -2.04. The van der Waals surface area contributed by atoms with Gasteiger partial charge >= 0.3 is 0 Å². The van der Waals surface area contributed by atoms with Gasteiger partial charge in [-0.25, -0.2) is 0 Å². The van der Waals surface area contributed by atoms with Gasteiger partial charge < -0.3 is 9.26 Å². The molecule has 0 bridgehead atoms. The SMILES string of the molecule is CCCOCc1noc(C2CCCC2=O)n1. The van der Waals surface area contributed by atoms with Crippen LogP contribution in [0.3, 0.4) is 0 Å². The van der Waals surface area contributed by atoms with Crippen LogP contribution in [0.5, 0.6) is 0 Å². The van der Waals surface area contributed by atoms with Crippen LogP contribution in [0, 0.1) is 0 Å². The Balaban J connectivity index is 1.93. The lowest BCUT2D eigenvalue weighted by atomic mass is 10.1. The second-order valence-electron chi connectivity index (χ2n) is 4.01. The van der Waals surface area contributed by atoms with Gasteiger partial charge in [0.1, 0.15) is 12.4 Å². The van der Waals surface area contributed by atoms with Crippen molar-refractivity contribution in [3.8, 4) is 0 Å². The molecule has 0 aliphatic heterocycles. The first-order chi connectivity index (χ1) is 7.81. The highest BCUT2D eigenvalue weighted by Gasteiger charge is 2.30. The molecule has 2 rings (SSSR count). The highest BCUT2D eigenvalue weighted by atomic mass is 16.5. The lowest BCUT2D eigenvalue weighted by Gasteiger charge is -1.98. The maximum atomic E-state index is 11.5. The van der Waals surface area contributed by atoms with Crippen molar-refractivity contribution in [2.45, 2.75) is 45.1 Å². The fourth-order valence-electron chi connectivity index (χ4n) is 1.85. The highest BCUT2D eigenvalue weighted by Crippen LogP contribution is 2.29. The molecule has 5 heteroatoms. The van der Waals surface area contributed by atoms with Gasteiger partial charge in [-0.1, -0.05) is 12.1 Å². The van der Waals surface area contributed by atoms with E-state index >= 15 is 0 Å². The summed E-state index contributed by atoms with van der Waals surface area (Å²) in [6.45, 7) is 3.09. The van der Waals surface area contributed by atoms with Crippen LogP contribution in [0.15, 0.2) is 4.52 Å². The third-order valence-electron chi connectivity index (χ3n) is 2.67. The Labute approximate surface area is 94.2 Å². The number of nitrogens with zero attached hydrogens (tertiary/aromatic N) is 2. The number of aromatic nitrogens is 2. The molecule has 0 spiro atoms. The van der Waals surface area contributed by atoms with Crippen LogP contribution >= 0.6 is 0 Å². The maximum absolute atomic E-state index is 11.5. The van der Waals surface area contributed by atoms with Crippen molar-refractivity contribution in [3.63, 3.8) is 0 Å². The van der Waals surface area contributed by atoms with E-state index in [1.165, 1.54) is 0 Å². The van der Waals surface area contributed by atoms with E-state index in [1.807, 2.05) is 6.92 Å². The number of ether oxygens (including phenoxy) is 1. The van der Waals surface area contributed by atoms with Gasteiger partial charge in [-0.3, -0.25) is 4.79 Å². The topological polar surface area (TPSA) is 65.2 Å².